The highest BCUT2D eigenvalue weighted by Crippen LogP contribution is 2.67. The summed E-state index contributed by atoms with van der Waals surface area (Å²) in [5.74, 6) is -0.881. The van der Waals surface area contributed by atoms with Crippen molar-refractivity contribution in [2.45, 2.75) is 102 Å². The van der Waals surface area contributed by atoms with E-state index >= 15 is 8.78 Å². The molecule has 1 aliphatic heterocycles. The van der Waals surface area contributed by atoms with Crippen LogP contribution >= 0.6 is 0 Å². The van der Waals surface area contributed by atoms with Crippen molar-refractivity contribution in [2.75, 3.05) is 13.6 Å². The first kappa shape index (κ1) is 26.6. The van der Waals surface area contributed by atoms with Crippen LogP contribution in [-0.4, -0.2) is 66.2 Å². The van der Waals surface area contributed by atoms with Gasteiger partial charge in [-0.25, -0.2) is 8.78 Å². The highest BCUT2D eigenvalue weighted by atomic mass is 19.1. The molecule has 3 fully saturated rings. The van der Waals surface area contributed by atoms with Crippen molar-refractivity contribution in [2.24, 2.45) is 16.7 Å². The molecule has 35 heavy (non-hydrogen) atoms. The smallest absolute Gasteiger partial charge is 0.181 e. The van der Waals surface area contributed by atoms with E-state index in [4.69, 9.17) is 9.47 Å². The van der Waals surface area contributed by atoms with Gasteiger partial charge >= 0.3 is 0 Å². The molecular weight excluding hydrogens is 456 g/mol. The lowest BCUT2D eigenvalue weighted by molar-refractivity contribution is -0.203. The Morgan fingerprint density at radius 1 is 1.31 bits per heavy atom. The van der Waals surface area contributed by atoms with Crippen LogP contribution in [0.15, 0.2) is 23.8 Å². The minimum atomic E-state index is -2.23. The lowest BCUT2D eigenvalue weighted by Crippen LogP contribution is -2.65. The molecule has 0 amide bonds. The Balaban J connectivity index is 1.74. The van der Waals surface area contributed by atoms with Crippen LogP contribution in [0.25, 0.3) is 0 Å². The number of aliphatic hydroxyl groups excluding tert-OH is 1. The molecule has 3 aliphatic carbocycles. The Kier molecular flexibility index (Phi) is 6.93. The number of alkyl halides is 2. The summed E-state index contributed by atoms with van der Waals surface area (Å²) >= 11 is 0. The number of halogens is 2. The fourth-order valence-electron chi connectivity index (χ4n) is 7.31. The average Bonchev–Trinajstić information content (AvgIpc) is 3.28. The van der Waals surface area contributed by atoms with Crippen molar-refractivity contribution in [3.05, 3.63) is 23.8 Å². The summed E-state index contributed by atoms with van der Waals surface area (Å²) in [5, 5.41) is 14.4. The number of hydrogen-bond acceptors (Lipinski definition) is 6. The summed E-state index contributed by atoms with van der Waals surface area (Å²) in [6.45, 7) is 7.20. The maximum absolute atomic E-state index is 17.2. The van der Waals surface area contributed by atoms with Crippen molar-refractivity contribution < 1.29 is 33.0 Å². The Hall–Kier alpha value is -1.48. The number of ether oxygens (including phenoxy) is 2. The summed E-state index contributed by atoms with van der Waals surface area (Å²) in [4.78, 5) is 25.6. The van der Waals surface area contributed by atoms with Gasteiger partial charge in [0.25, 0.3) is 0 Å². The topological polar surface area (TPSA) is 84.9 Å². The molecule has 6 nitrogen and oxygen atoms in total. The van der Waals surface area contributed by atoms with Crippen LogP contribution in [0.5, 0.6) is 0 Å². The van der Waals surface area contributed by atoms with Crippen LogP contribution in [0, 0.1) is 16.7 Å². The fourth-order valence-corrected chi connectivity index (χ4v) is 7.31. The van der Waals surface area contributed by atoms with Crippen LogP contribution in [0.3, 0.4) is 0 Å². The van der Waals surface area contributed by atoms with E-state index in [9.17, 15) is 14.7 Å². The Labute approximate surface area is 206 Å². The van der Waals surface area contributed by atoms with Crippen LogP contribution in [0.1, 0.15) is 66.2 Å². The molecule has 0 aromatic rings. The molecule has 2 saturated carbocycles. The summed E-state index contributed by atoms with van der Waals surface area (Å²) in [7, 11) is 1.69. The number of Topliss-reactive ketones (excluding diaryl/α,β-unsaturated/α-hetero) is 1. The van der Waals surface area contributed by atoms with Crippen LogP contribution < -0.4 is 5.32 Å². The van der Waals surface area contributed by atoms with Gasteiger partial charge in [0.1, 0.15) is 11.8 Å². The highest BCUT2D eigenvalue weighted by molar-refractivity contribution is 6.01. The first-order valence-electron chi connectivity index (χ1n) is 12.9. The molecule has 2 unspecified atom stereocenters. The summed E-state index contributed by atoms with van der Waals surface area (Å²) in [6, 6.07) is 0. The quantitative estimate of drug-likeness (QED) is 0.533. The maximum atomic E-state index is 17.2. The van der Waals surface area contributed by atoms with E-state index in [2.05, 4.69) is 5.32 Å². The summed E-state index contributed by atoms with van der Waals surface area (Å²) in [6.07, 6.45) is 1.65. The third-order valence-electron chi connectivity index (χ3n) is 9.34. The minimum Gasteiger partial charge on any atom is -0.390 e. The normalized spacial score (nSPS) is 45.7. The maximum Gasteiger partial charge on any atom is 0.181 e. The zero-order chi connectivity index (χ0) is 25.8. The molecule has 9 atom stereocenters. The Morgan fingerprint density at radius 2 is 2.03 bits per heavy atom. The molecule has 0 bridgehead atoms. The second kappa shape index (κ2) is 9.12. The fraction of sp³-hybridized carbons (Fsp3) is 0.778. The number of rotatable bonds is 8. The Morgan fingerprint density at radius 3 is 2.66 bits per heavy atom. The second-order valence-electron chi connectivity index (χ2n) is 11.2. The predicted octanol–water partition coefficient (Wildman–Crippen LogP) is 3.76. The number of carbonyl (C=O) groups is 2. The third-order valence-corrected chi connectivity index (χ3v) is 9.34. The minimum absolute atomic E-state index is 0.0317. The number of hydrogen-bond donors (Lipinski definition) is 2. The molecule has 0 spiro atoms. The molecule has 1 heterocycles. The van der Waals surface area contributed by atoms with E-state index in [0.717, 1.165) is 6.42 Å². The van der Waals surface area contributed by atoms with Gasteiger partial charge in [0, 0.05) is 10.8 Å². The molecule has 0 aromatic heterocycles. The monoisotopic (exact) mass is 495 g/mol. The van der Waals surface area contributed by atoms with E-state index < -0.39 is 46.8 Å². The number of fused-ring (bicyclic) bond motifs is 3. The van der Waals surface area contributed by atoms with E-state index in [-0.39, 0.29) is 48.9 Å². The van der Waals surface area contributed by atoms with Crippen molar-refractivity contribution in [1.29, 1.82) is 0 Å². The second-order valence-corrected chi connectivity index (χ2v) is 11.2. The van der Waals surface area contributed by atoms with Crippen molar-refractivity contribution in [1.82, 2.24) is 5.32 Å². The van der Waals surface area contributed by atoms with Gasteiger partial charge in [-0.15, -0.1) is 0 Å². The molecule has 8 heteroatoms. The highest BCUT2D eigenvalue weighted by Gasteiger charge is 2.76. The van der Waals surface area contributed by atoms with Gasteiger partial charge in [0.2, 0.25) is 0 Å². The van der Waals surface area contributed by atoms with Crippen molar-refractivity contribution in [3.8, 4) is 0 Å². The molecule has 2 N–H and O–H groups in total. The lowest BCUT2D eigenvalue weighted by Gasteiger charge is -2.56. The van der Waals surface area contributed by atoms with Gasteiger partial charge < -0.3 is 19.9 Å². The molecule has 1 saturated heterocycles. The number of likely N-dealkylation sites (N-methyl/N-ethyl adjacent to an activating group) is 1. The van der Waals surface area contributed by atoms with Crippen LogP contribution in [-0.2, 0) is 19.1 Å². The number of aliphatic hydroxyl groups is 1. The number of ketones is 2. The van der Waals surface area contributed by atoms with Crippen molar-refractivity contribution >= 4 is 11.6 Å². The lowest BCUT2D eigenvalue weighted by atomic mass is 9.51. The van der Waals surface area contributed by atoms with E-state index in [1.54, 1.807) is 20.9 Å². The molecule has 196 valence electrons. The molecule has 4 aliphatic rings. The van der Waals surface area contributed by atoms with Gasteiger partial charge in [-0.05, 0) is 69.7 Å². The van der Waals surface area contributed by atoms with Gasteiger partial charge in [-0.1, -0.05) is 33.3 Å². The molecule has 0 radical (unpaired) electrons. The number of allylic oxidation sites excluding steroid dienone is 4. The van der Waals surface area contributed by atoms with Gasteiger partial charge in [0.15, 0.2) is 23.5 Å². The zero-order valence-corrected chi connectivity index (χ0v) is 21.4. The predicted molar refractivity (Wildman–Crippen MR) is 127 cm³/mol. The summed E-state index contributed by atoms with van der Waals surface area (Å²) < 4.78 is 44.8. The third kappa shape index (κ3) is 3.62. The SMILES string of the molecule is CCCC1O[C@@H]2CC3C[C@@](F)([C@@]4(C)C=CC(=O)C=C4[C@@H](F)CC)[C@@H](O)C[C@]3(C)[C@]2(C(=O)CNC)O1. The molecule has 0 aromatic carbocycles. The van der Waals surface area contributed by atoms with Gasteiger partial charge in [-0.2, -0.15) is 0 Å². The first-order valence-corrected chi connectivity index (χ1v) is 12.9. The molecular formula is C27H39F2NO5. The number of carbonyl (C=O) groups excluding carboxylic acids is 2. The van der Waals surface area contributed by atoms with E-state index in [1.807, 2.05) is 13.8 Å². The molecule has 4 rings (SSSR count). The largest absolute Gasteiger partial charge is 0.390 e. The zero-order valence-electron chi connectivity index (χ0n) is 21.4. The first-order chi connectivity index (χ1) is 16.4. The van der Waals surface area contributed by atoms with E-state index in [1.165, 1.54) is 18.2 Å². The summed E-state index contributed by atoms with van der Waals surface area (Å²) in [5.41, 5.74) is -5.81. The standard InChI is InChI=1S/C27H39F2NO5/c1-6-8-23-34-22-11-16-13-26(29,24(3)10-9-17(31)12-18(24)19(28)7-2)20(32)14-25(16,4)27(22,35-23)21(33)15-30-5/h9-10,12,16,19-20,22-23,30,32H,6-8,11,13-15H2,1-5H3/t16?,19-,20-,22+,23?,24-,25-,26-,27+/m0/s1. The van der Waals surface area contributed by atoms with E-state index in [0.29, 0.717) is 12.8 Å². The van der Waals surface area contributed by atoms with Crippen LogP contribution in [0.2, 0.25) is 0 Å². The average molecular weight is 496 g/mol. The number of nitrogens with one attached hydrogen (secondary N) is 1. The van der Waals surface area contributed by atoms with Gasteiger partial charge in [-0.3, -0.25) is 9.59 Å². The van der Waals surface area contributed by atoms with Crippen molar-refractivity contribution in [3.63, 3.8) is 0 Å². The van der Waals surface area contributed by atoms with Gasteiger partial charge in [0.05, 0.1) is 18.8 Å². The Bertz CT molecular complexity index is 939. The van der Waals surface area contributed by atoms with Crippen LogP contribution in [0.4, 0.5) is 8.78 Å².